The van der Waals surface area contributed by atoms with Crippen molar-refractivity contribution in [3.63, 3.8) is 0 Å². The van der Waals surface area contributed by atoms with Crippen molar-refractivity contribution in [3.05, 3.63) is 29.3 Å². The maximum Gasteiger partial charge on any atom is 0.317 e. The summed E-state index contributed by atoms with van der Waals surface area (Å²) >= 11 is 0. The zero-order chi connectivity index (χ0) is 14.4. The number of piperazine rings is 1. The van der Waals surface area contributed by atoms with Gasteiger partial charge in [-0.05, 0) is 36.5 Å². The number of urea groups is 1. The third-order valence-corrected chi connectivity index (χ3v) is 5.16. The zero-order valence-corrected chi connectivity index (χ0v) is 12.1. The van der Waals surface area contributed by atoms with Crippen molar-refractivity contribution in [2.75, 3.05) is 26.2 Å². The van der Waals surface area contributed by atoms with Crippen LogP contribution in [0.5, 0.6) is 5.75 Å². The Bertz CT molecular complexity index is 575. The number of rotatable bonds is 1. The molecule has 5 nitrogen and oxygen atoms in total. The van der Waals surface area contributed by atoms with Crippen molar-refractivity contribution >= 4 is 6.03 Å². The van der Waals surface area contributed by atoms with E-state index in [9.17, 15) is 9.90 Å². The SMILES string of the molecule is O=C1NCC2CN(C3CCCc4c(O)cccc43)CCN12. The van der Waals surface area contributed by atoms with Gasteiger partial charge in [-0.2, -0.15) is 0 Å². The van der Waals surface area contributed by atoms with E-state index in [-0.39, 0.29) is 6.03 Å². The lowest BCUT2D eigenvalue weighted by atomic mass is 9.85. The molecule has 0 aromatic heterocycles. The Hall–Kier alpha value is -1.75. The van der Waals surface area contributed by atoms with Gasteiger partial charge < -0.3 is 15.3 Å². The highest BCUT2D eigenvalue weighted by Crippen LogP contribution is 2.39. The summed E-state index contributed by atoms with van der Waals surface area (Å²) in [7, 11) is 0. The number of hydrogen-bond donors (Lipinski definition) is 2. The minimum atomic E-state index is 0.0846. The number of aromatic hydroxyl groups is 1. The van der Waals surface area contributed by atoms with Crippen LogP contribution in [0.25, 0.3) is 0 Å². The van der Waals surface area contributed by atoms with E-state index in [1.54, 1.807) is 6.07 Å². The molecule has 21 heavy (non-hydrogen) atoms. The van der Waals surface area contributed by atoms with Crippen molar-refractivity contribution < 1.29 is 9.90 Å². The second-order valence-electron chi connectivity index (χ2n) is 6.28. The summed E-state index contributed by atoms with van der Waals surface area (Å²) in [4.78, 5) is 16.2. The zero-order valence-electron chi connectivity index (χ0n) is 12.1. The molecule has 2 fully saturated rings. The summed E-state index contributed by atoms with van der Waals surface area (Å²) in [6.45, 7) is 3.41. The summed E-state index contributed by atoms with van der Waals surface area (Å²) in [5.41, 5.74) is 2.41. The minimum absolute atomic E-state index is 0.0846. The molecule has 2 aliphatic heterocycles. The van der Waals surface area contributed by atoms with Gasteiger partial charge >= 0.3 is 6.03 Å². The van der Waals surface area contributed by atoms with E-state index < -0.39 is 0 Å². The van der Waals surface area contributed by atoms with Crippen LogP contribution in [0.1, 0.15) is 30.0 Å². The normalized spacial score (nSPS) is 29.0. The smallest absolute Gasteiger partial charge is 0.317 e. The Balaban J connectivity index is 1.59. The van der Waals surface area contributed by atoms with Gasteiger partial charge in [0, 0.05) is 32.2 Å². The third-order valence-electron chi connectivity index (χ3n) is 5.16. The summed E-state index contributed by atoms with van der Waals surface area (Å²) in [5.74, 6) is 0.438. The van der Waals surface area contributed by atoms with Crippen LogP contribution in [0.2, 0.25) is 0 Å². The van der Waals surface area contributed by atoms with Gasteiger partial charge in [0.25, 0.3) is 0 Å². The predicted octanol–water partition coefficient (Wildman–Crippen LogP) is 1.48. The molecular weight excluding hydrogens is 266 g/mol. The van der Waals surface area contributed by atoms with Gasteiger partial charge in [-0.25, -0.2) is 4.79 Å². The van der Waals surface area contributed by atoms with Gasteiger partial charge in [0.2, 0.25) is 0 Å². The Kier molecular flexibility index (Phi) is 3.03. The van der Waals surface area contributed by atoms with E-state index in [4.69, 9.17) is 0 Å². The highest BCUT2D eigenvalue weighted by Gasteiger charge is 2.38. The summed E-state index contributed by atoms with van der Waals surface area (Å²) in [5, 5.41) is 13.0. The number of phenolic OH excluding ortho intramolecular Hbond substituents is 1. The van der Waals surface area contributed by atoms with Crippen LogP contribution in [0.15, 0.2) is 18.2 Å². The van der Waals surface area contributed by atoms with Crippen LogP contribution < -0.4 is 5.32 Å². The van der Waals surface area contributed by atoms with Crippen LogP contribution >= 0.6 is 0 Å². The molecule has 0 spiro atoms. The second-order valence-corrected chi connectivity index (χ2v) is 6.28. The molecular formula is C16H21N3O2. The molecule has 1 aromatic carbocycles. The first-order valence-corrected chi connectivity index (χ1v) is 7.83. The minimum Gasteiger partial charge on any atom is -0.508 e. The molecule has 4 rings (SSSR count). The van der Waals surface area contributed by atoms with Crippen LogP contribution in [0.3, 0.4) is 0 Å². The average Bonchev–Trinajstić information content (AvgIpc) is 2.88. The Morgan fingerprint density at radius 1 is 1.29 bits per heavy atom. The molecule has 2 N–H and O–H groups in total. The van der Waals surface area contributed by atoms with Gasteiger partial charge in [0.05, 0.1) is 6.04 Å². The lowest BCUT2D eigenvalue weighted by Gasteiger charge is -2.42. The fourth-order valence-corrected chi connectivity index (χ4v) is 4.09. The number of phenols is 1. The monoisotopic (exact) mass is 287 g/mol. The van der Waals surface area contributed by atoms with E-state index in [2.05, 4.69) is 16.3 Å². The van der Waals surface area contributed by atoms with Gasteiger partial charge in [0.1, 0.15) is 5.75 Å². The fraction of sp³-hybridized carbons (Fsp3) is 0.562. The summed E-state index contributed by atoms with van der Waals surface area (Å²) < 4.78 is 0. The maximum atomic E-state index is 11.7. The summed E-state index contributed by atoms with van der Waals surface area (Å²) in [6, 6.07) is 6.67. The lowest BCUT2D eigenvalue weighted by molar-refractivity contribution is 0.0805. The molecule has 2 saturated heterocycles. The lowest BCUT2D eigenvalue weighted by Crippen LogP contribution is -2.53. The fourth-order valence-electron chi connectivity index (χ4n) is 4.09. The molecule has 0 saturated carbocycles. The molecule has 0 bridgehead atoms. The molecule has 1 aliphatic carbocycles. The number of carbonyl (C=O) groups is 1. The van der Waals surface area contributed by atoms with Gasteiger partial charge in [0.15, 0.2) is 0 Å². The predicted molar refractivity (Wildman–Crippen MR) is 79.3 cm³/mol. The molecule has 2 unspecified atom stereocenters. The molecule has 3 aliphatic rings. The Morgan fingerprint density at radius 2 is 2.19 bits per heavy atom. The molecule has 0 radical (unpaired) electrons. The molecule has 112 valence electrons. The highest BCUT2D eigenvalue weighted by molar-refractivity contribution is 5.77. The van der Waals surface area contributed by atoms with E-state index >= 15 is 0 Å². The topological polar surface area (TPSA) is 55.8 Å². The third kappa shape index (κ3) is 2.07. The first-order valence-electron chi connectivity index (χ1n) is 7.83. The van der Waals surface area contributed by atoms with Gasteiger partial charge in [-0.3, -0.25) is 4.90 Å². The number of amides is 2. The molecule has 2 amide bonds. The quantitative estimate of drug-likeness (QED) is 0.822. The van der Waals surface area contributed by atoms with Crippen LogP contribution in [0.4, 0.5) is 4.79 Å². The van der Waals surface area contributed by atoms with Crippen molar-refractivity contribution in [3.8, 4) is 5.75 Å². The number of nitrogens with zero attached hydrogens (tertiary/aromatic N) is 2. The maximum absolute atomic E-state index is 11.7. The van der Waals surface area contributed by atoms with Crippen LogP contribution in [-0.4, -0.2) is 53.2 Å². The van der Waals surface area contributed by atoms with E-state index in [0.717, 1.165) is 51.0 Å². The standard InChI is InChI=1S/C16H21N3O2/c20-15-6-2-3-12-13(15)4-1-5-14(12)18-7-8-19-11(10-18)9-17-16(19)21/h2-3,6,11,14,20H,1,4-5,7-10H2,(H,17,21). The largest absolute Gasteiger partial charge is 0.508 e. The van der Waals surface area contributed by atoms with E-state index in [0.29, 0.717) is 17.8 Å². The molecule has 2 atom stereocenters. The number of benzene rings is 1. The van der Waals surface area contributed by atoms with Crippen molar-refractivity contribution in [2.45, 2.75) is 31.3 Å². The van der Waals surface area contributed by atoms with E-state index in [1.165, 1.54) is 5.56 Å². The second kappa shape index (κ2) is 4.91. The number of carbonyl (C=O) groups excluding carboxylic acids is 1. The number of nitrogens with one attached hydrogen (secondary N) is 1. The Morgan fingerprint density at radius 3 is 3.10 bits per heavy atom. The van der Waals surface area contributed by atoms with Crippen molar-refractivity contribution in [2.24, 2.45) is 0 Å². The highest BCUT2D eigenvalue weighted by atomic mass is 16.3. The molecule has 5 heteroatoms. The first kappa shape index (κ1) is 13.0. The van der Waals surface area contributed by atoms with Crippen LogP contribution in [-0.2, 0) is 6.42 Å². The number of fused-ring (bicyclic) bond motifs is 2. The molecule has 2 heterocycles. The van der Waals surface area contributed by atoms with Crippen molar-refractivity contribution in [1.29, 1.82) is 0 Å². The molecule has 1 aromatic rings. The van der Waals surface area contributed by atoms with Gasteiger partial charge in [-0.1, -0.05) is 12.1 Å². The Labute approximate surface area is 124 Å². The average molecular weight is 287 g/mol. The first-order chi connectivity index (χ1) is 10.2. The van der Waals surface area contributed by atoms with Crippen LogP contribution in [0, 0.1) is 0 Å². The van der Waals surface area contributed by atoms with Gasteiger partial charge in [-0.15, -0.1) is 0 Å². The van der Waals surface area contributed by atoms with E-state index in [1.807, 2.05) is 11.0 Å². The summed E-state index contributed by atoms with van der Waals surface area (Å²) in [6.07, 6.45) is 3.24. The number of hydrogen-bond acceptors (Lipinski definition) is 3. The van der Waals surface area contributed by atoms with Crippen molar-refractivity contribution in [1.82, 2.24) is 15.1 Å².